The van der Waals surface area contributed by atoms with Gasteiger partial charge in [-0.25, -0.2) is 9.97 Å². The summed E-state index contributed by atoms with van der Waals surface area (Å²) in [5.74, 6) is 1.67. The van der Waals surface area contributed by atoms with E-state index in [0.717, 1.165) is 50.5 Å². The summed E-state index contributed by atoms with van der Waals surface area (Å²) >= 11 is 0. The number of para-hydroxylation sites is 1. The molecule has 0 aliphatic heterocycles. The number of aromatic amines is 1. The Hall–Kier alpha value is -3.80. The summed E-state index contributed by atoms with van der Waals surface area (Å²) in [6.45, 7) is 2.63. The molecule has 0 fully saturated rings. The van der Waals surface area contributed by atoms with Crippen molar-refractivity contribution in [2.75, 3.05) is 10.6 Å². The first kappa shape index (κ1) is 16.4. The molecule has 6 nitrogen and oxygen atoms in total. The molecular formula is C22H19N5O. The number of nitrogens with zero attached hydrogens (tertiary/aromatic N) is 2. The average Bonchev–Trinajstić information content (AvgIpc) is 3.35. The second-order valence-electron chi connectivity index (χ2n) is 6.71. The number of furan rings is 1. The van der Waals surface area contributed by atoms with Crippen molar-refractivity contribution in [3.05, 3.63) is 78.6 Å². The number of rotatable bonds is 5. The lowest BCUT2D eigenvalue weighted by Crippen LogP contribution is -2.01. The van der Waals surface area contributed by atoms with Crippen LogP contribution in [0, 0.1) is 6.92 Å². The molecule has 0 aliphatic rings. The SMILES string of the molecule is Cc1cc2cccc(Nc3ccc4c(NCc5cnc[nH]5)cccc4n3)c2o1. The fourth-order valence-electron chi connectivity index (χ4n) is 3.38. The summed E-state index contributed by atoms with van der Waals surface area (Å²) in [7, 11) is 0. The van der Waals surface area contributed by atoms with E-state index in [1.807, 2.05) is 55.6 Å². The number of H-pyrrole nitrogens is 1. The highest BCUT2D eigenvalue weighted by Crippen LogP contribution is 2.30. The molecule has 6 heteroatoms. The quantitative estimate of drug-likeness (QED) is 0.388. The highest BCUT2D eigenvalue weighted by molar-refractivity contribution is 5.94. The fraction of sp³-hybridized carbons (Fsp3) is 0.0909. The molecule has 28 heavy (non-hydrogen) atoms. The van der Waals surface area contributed by atoms with Gasteiger partial charge in [0.2, 0.25) is 0 Å². The lowest BCUT2D eigenvalue weighted by atomic mass is 10.1. The minimum absolute atomic E-state index is 0.680. The maximum absolute atomic E-state index is 5.84. The minimum Gasteiger partial charge on any atom is -0.459 e. The summed E-state index contributed by atoms with van der Waals surface area (Å²) in [5.41, 5.74) is 4.74. The van der Waals surface area contributed by atoms with Crippen molar-refractivity contribution in [1.82, 2.24) is 15.0 Å². The zero-order chi connectivity index (χ0) is 18.9. The first-order valence-corrected chi connectivity index (χ1v) is 9.13. The van der Waals surface area contributed by atoms with Crippen LogP contribution in [0.3, 0.4) is 0 Å². The molecule has 0 aliphatic carbocycles. The highest BCUT2D eigenvalue weighted by atomic mass is 16.3. The van der Waals surface area contributed by atoms with Gasteiger partial charge in [-0.3, -0.25) is 0 Å². The van der Waals surface area contributed by atoms with Gasteiger partial charge in [-0.2, -0.15) is 0 Å². The summed E-state index contributed by atoms with van der Waals surface area (Å²) in [6, 6.07) is 18.2. The molecule has 0 unspecified atom stereocenters. The van der Waals surface area contributed by atoms with Crippen LogP contribution in [0.25, 0.3) is 21.9 Å². The van der Waals surface area contributed by atoms with Gasteiger partial charge in [-0.1, -0.05) is 18.2 Å². The molecule has 2 aromatic carbocycles. The molecule has 5 aromatic rings. The van der Waals surface area contributed by atoms with Crippen LogP contribution in [0.2, 0.25) is 0 Å². The topological polar surface area (TPSA) is 78.8 Å². The van der Waals surface area contributed by atoms with E-state index < -0.39 is 0 Å². The summed E-state index contributed by atoms with van der Waals surface area (Å²) in [5, 5.41) is 8.97. The van der Waals surface area contributed by atoms with Crippen LogP contribution < -0.4 is 10.6 Å². The Morgan fingerprint density at radius 1 is 1.04 bits per heavy atom. The first-order valence-electron chi connectivity index (χ1n) is 9.13. The van der Waals surface area contributed by atoms with Crippen molar-refractivity contribution in [3.63, 3.8) is 0 Å². The van der Waals surface area contributed by atoms with Gasteiger partial charge in [0.05, 0.1) is 29.8 Å². The fourth-order valence-corrected chi connectivity index (χ4v) is 3.38. The molecule has 0 saturated carbocycles. The second kappa shape index (κ2) is 6.74. The Morgan fingerprint density at radius 3 is 2.82 bits per heavy atom. The Kier molecular flexibility index (Phi) is 3.94. The lowest BCUT2D eigenvalue weighted by molar-refractivity contribution is 0.579. The van der Waals surface area contributed by atoms with E-state index in [1.54, 1.807) is 6.33 Å². The Bertz CT molecular complexity index is 1260. The molecule has 0 radical (unpaired) electrons. The van der Waals surface area contributed by atoms with Crippen molar-refractivity contribution in [2.45, 2.75) is 13.5 Å². The minimum atomic E-state index is 0.680. The Balaban J connectivity index is 1.45. The third-order valence-corrected chi connectivity index (χ3v) is 4.69. The third-order valence-electron chi connectivity index (χ3n) is 4.69. The number of pyridine rings is 1. The number of fused-ring (bicyclic) bond motifs is 2. The van der Waals surface area contributed by atoms with Crippen LogP contribution >= 0.6 is 0 Å². The van der Waals surface area contributed by atoms with Crippen molar-refractivity contribution in [3.8, 4) is 0 Å². The number of aryl methyl sites for hydroxylation is 1. The van der Waals surface area contributed by atoms with Crippen molar-refractivity contribution in [2.24, 2.45) is 0 Å². The van der Waals surface area contributed by atoms with Gasteiger partial charge in [0.1, 0.15) is 11.6 Å². The van der Waals surface area contributed by atoms with Crippen molar-refractivity contribution >= 4 is 39.1 Å². The number of aromatic nitrogens is 3. The van der Waals surface area contributed by atoms with Gasteiger partial charge in [-0.05, 0) is 43.3 Å². The second-order valence-corrected chi connectivity index (χ2v) is 6.71. The number of benzene rings is 2. The number of nitrogens with one attached hydrogen (secondary N) is 3. The van der Waals surface area contributed by atoms with Crippen LogP contribution in [0.4, 0.5) is 17.2 Å². The predicted molar refractivity (Wildman–Crippen MR) is 112 cm³/mol. The largest absolute Gasteiger partial charge is 0.459 e. The monoisotopic (exact) mass is 369 g/mol. The van der Waals surface area contributed by atoms with E-state index in [1.165, 1.54) is 0 Å². The van der Waals surface area contributed by atoms with E-state index in [0.29, 0.717) is 6.54 Å². The standard InChI is InChI=1S/C22H19N5O/c1-14-10-15-4-2-7-20(22(15)28-14)27-21-9-8-17-18(5-3-6-19(17)26-21)24-12-16-11-23-13-25-16/h2-11,13,24H,12H2,1H3,(H,23,25)(H,26,27). The highest BCUT2D eigenvalue weighted by Gasteiger charge is 2.08. The van der Waals surface area contributed by atoms with Crippen molar-refractivity contribution < 1.29 is 4.42 Å². The third kappa shape index (κ3) is 3.05. The van der Waals surface area contributed by atoms with Crippen LogP contribution in [0.15, 0.2) is 71.5 Å². The van der Waals surface area contributed by atoms with Gasteiger partial charge in [0.15, 0.2) is 5.58 Å². The zero-order valence-electron chi connectivity index (χ0n) is 15.4. The first-order chi connectivity index (χ1) is 13.8. The maximum Gasteiger partial charge on any atom is 0.157 e. The number of hydrogen-bond acceptors (Lipinski definition) is 5. The molecule has 0 atom stereocenters. The normalized spacial score (nSPS) is 11.2. The average molecular weight is 369 g/mol. The van der Waals surface area contributed by atoms with Crippen LogP contribution in [-0.4, -0.2) is 15.0 Å². The predicted octanol–water partition coefficient (Wildman–Crippen LogP) is 5.37. The van der Waals surface area contributed by atoms with E-state index in [-0.39, 0.29) is 0 Å². The summed E-state index contributed by atoms with van der Waals surface area (Å²) < 4.78 is 5.84. The van der Waals surface area contributed by atoms with Gasteiger partial charge >= 0.3 is 0 Å². The molecule has 138 valence electrons. The molecule has 3 heterocycles. The molecule has 0 amide bonds. The van der Waals surface area contributed by atoms with E-state index in [4.69, 9.17) is 9.40 Å². The van der Waals surface area contributed by atoms with E-state index in [2.05, 4.69) is 32.7 Å². The molecule has 0 saturated heterocycles. The maximum atomic E-state index is 5.84. The Morgan fingerprint density at radius 2 is 1.93 bits per heavy atom. The zero-order valence-corrected chi connectivity index (χ0v) is 15.4. The molecule has 3 aromatic heterocycles. The van der Waals surface area contributed by atoms with E-state index in [9.17, 15) is 0 Å². The van der Waals surface area contributed by atoms with E-state index >= 15 is 0 Å². The molecule has 5 rings (SSSR count). The number of imidazole rings is 1. The van der Waals surface area contributed by atoms with Crippen LogP contribution in [-0.2, 0) is 6.54 Å². The molecule has 3 N–H and O–H groups in total. The van der Waals surface area contributed by atoms with Crippen molar-refractivity contribution in [1.29, 1.82) is 0 Å². The smallest absolute Gasteiger partial charge is 0.157 e. The Labute approximate surface area is 161 Å². The van der Waals surface area contributed by atoms with Gasteiger partial charge in [0, 0.05) is 22.7 Å². The molecule has 0 bridgehead atoms. The van der Waals surface area contributed by atoms with Gasteiger partial charge < -0.3 is 20.0 Å². The van der Waals surface area contributed by atoms with Gasteiger partial charge in [0.25, 0.3) is 0 Å². The number of hydrogen-bond donors (Lipinski definition) is 3. The van der Waals surface area contributed by atoms with Crippen LogP contribution in [0.5, 0.6) is 0 Å². The van der Waals surface area contributed by atoms with Gasteiger partial charge in [-0.15, -0.1) is 0 Å². The lowest BCUT2D eigenvalue weighted by Gasteiger charge is -2.11. The van der Waals surface area contributed by atoms with Crippen LogP contribution in [0.1, 0.15) is 11.5 Å². The summed E-state index contributed by atoms with van der Waals surface area (Å²) in [6.07, 6.45) is 3.50. The molecular weight excluding hydrogens is 350 g/mol. The molecule has 0 spiro atoms. The number of anilines is 3. The summed E-state index contributed by atoms with van der Waals surface area (Å²) in [4.78, 5) is 11.9.